The van der Waals surface area contributed by atoms with Gasteiger partial charge in [-0.05, 0) is 56.0 Å². The molecule has 0 fully saturated rings. The van der Waals surface area contributed by atoms with Crippen molar-refractivity contribution in [1.29, 1.82) is 0 Å². The number of amides is 2. The third kappa shape index (κ3) is 4.50. The first-order chi connectivity index (χ1) is 14.3. The lowest BCUT2D eigenvalue weighted by molar-refractivity contribution is -0.136. The highest BCUT2D eigenvalue weighted by molar-refractivity contribution is 5.80. The summed E-state index contributed by atoms with van der Waals surface area (Å²) in [5, 5.41) is 0. The fraction of sp³-hybridized carbons (Fsp3) is 0.440. The number of carbonyl (C=O) groups excluding carboxylic acids is 2. The standard InChI is InChI=1S/C25H32N2O3/c1-6-23(28)27-14-13-19-11-12-21(30-18(4)25(29)26(5)7-2)16-22(19)24(27)20-10-8-9-17(3)15-20/h8-12,15-16,18,24H,6-7,13-14H2,1-5H3. The van der Waals surface area contributed by atoms with Crippen LogP contribution in [0.4, 0.5) is 0 Å². The summed E-state index contributed by atoms with van der Waals surface area (Å²) < 4.78 is 6.00. The maximum Gasteiger partial charge on any atom is 0.263 e. The van der Waals surface area contributed by atoms with E-state index in [1.165, 1.54) is 5.56 Å². The molecular weight excluding hydrogens is 376 g/mol. The van der Waals surface area contributed by atoms with Crippen molar-refractivity contribution in [3.8, 4) is 5.75 Å². The number of ether oxygens (including phenoxy) is 1. The molecule has 0 radical (unpaired) electrons. The third-order valence-corrected chi connectivity index (χ3v) is 5.84. The zero-order valence-corrected chi connectivity index (χ0v) is 18.6. The molecule has 0 bridgehead atoms. The smallest absolute Gasteiger partial charge is 0.263 e. The van der Waals surface area contributed by atoms with Crippen molar-refractivity contribution in [2.45, 2.75) is 52.7 Å². The van der Waals surface area contributed by atoms with Gasteiger partial charge in [0.1, 0.15) is 5.75 Å². The summed E-state index contributed by atoms with van der Waals surface area (Å²) in [7, 11) is 1.77. The summed E-state index contributed by atoms with van der Waals surface area (Å²) in [4.78, 5) is 28.8. The van der Waals surface area contributed by atoms with Gasteiger partial charge in [-0.1, -0.05) is 42.8 Å². The Morgan fingerprint density at radius 1 is 1.20 bits per heavy atom. The normalized spacial score (nSPS) is 16.6. The maximum absolute atomic E-state index is 12.7. The van der Waals surface area contributed by atoms with E-state index in [0.29, 0.717) is 25.3 Å². The van der Waals surface area contributed by atoms with Crippen LogP contribution >= 0.6 is 0 Å². The molecule has 2 amide bonds. The molecule has 160 valence electrons. The van der Waals surface area contributed by atoms with Gasteiger partial charge >= 0.3 is 0 Å². The summed E-state index contributed by atoms with van der Waals surface area (Å²) >= 11 is 0. The molecular formula is C25H32N2O3. The van der Waals surface area contributed by atoms with Crippen LogP contribution in [0, 0.1) is 6.92 Å². The molecule has 5 nitrogen and oxygen atoms in total. The molecule has 0 aliphatic carbocycles. The van der Waals surface area contributed by atoms with Gasteiger partial charge in [-0.3, -0.25) is 9.59 Å². The molecule has 3 rings (SSSR count). The highest BCUT2D eigenvalue weighted by Crippen LogP contribution is 2.38. The van der Waals surface area contributed by atoms with Crippen LogP contribution < -0.4 is 4.74 Å². The summed E-state index contributed by atoms with van der Waals surface area (Å²) in [5.41, 5.74) is 4.57. The summed E-state index contributed by atoms with van der Waals surface area (Å²) in [5.74, 6) is 0.752. The molecule has 1 aliphatic rings. The second kappa shape index (κ2) is 9.33. The van der Waals surface area contributed by atoms with Crippen LogP contribution in [-0.2, 0) is 16.0 Å². The number of fused-ring (bicyclic) bond motifs is 1. The van der Waals surface area contributed by atoms with Gasteiger partial charge in [-0.2, -0.15) is 0 Å². The Bertz CT molecular complexity index is 924. The van der Waals surface area contributed by atoms with Crippen LogP contribution in [0.3, 0.4) is 0 Å². The highest BCUT2D eigenvalue weighted by Gasteiger charge is 2.32. The first-order valence-electron chi connectivity index (χ1n) is 10.8. The van der Waals surface area contributed by atoms with Gasteiger partial charge in [-0.25, -0.2) is 0 Å². The molecule has 2 aromatic rings. The van der Waals surface area contributed by atoms with E-state index in [1.807, 2.05) is 36.9 Å². The summed E-state index contributed by atoms with van der Waals surface area (Å²) in [6, 6.07) is 14.2. The molecule has 0 N–H and O–H groups in total. The Morgan fingerprint density at radius 2 is 1.97 bits per heavy atom. The number of hydrogen-bond donors (Lipinski definition) is 0. The molecule has 2 atom stereocenters. The second-order valence-electron chi connectivity index (χ2n) is 7.98. The van der Waals surface area contributed by atoms with Crippen LogP contribution in [0.5, 0.6) is 5.75 Å². The number of rotatable bonds is 6. The molecule has 0 spiro atoms. The predicted octanol–water partition coefficient (Wildman–Crippen LogP) is 4.12. The molecule has 1 aliphatic heterocycles. The largest absolute Gasteiger partial charge is 0.481 e. The second-order valence-corrected chi connectivity index (χ2v) is 7.98. The van der Waals surface area contributed by atoms with Crippen LogP contribution in [0.15, 0.2) is 42.5 Å². The zero-order valence-electron chi connectivity index (χ0n) is 18.6. The minimum Gasteiger partial charge on any atom is -0.481 e. The van der Waals surface area contributed by atoms with Gasteiger partial charge in [0.25, 0.3) is 5.91 Å². The van der Waals surface area contributed by atoms with Crippen LogP contribution in [0.2, 0.25) is 0 Å². The van der Waals surface area contributed by atoms with Crippen molar-refractivity contribution in [2.24, 2.45) is 0 Å². The third-order valence-electron chi connectivity index (χ3n) is 5.84. The Kier molecular flexibility index (Phi) is 6.80. The van der Waals surface area contributed by atoms with Gasteiger partial charge in [0.05, 0.1) is 6.04 Å². The van der Waals surface area contributed by atoms with E-state index in [0.717, 1.165) is 23.1 Å². The van der Waals surface area contributed by atoms with Crippen molar-refractivity contribution in [3.63, 3.8) is 0 Å². The molecule has 0 saturated carbocycles. The molecule has 0 saturated heterocycles. The number of aryl methyl sites for hydroxylation is 1. The van der Waals surface area contributed by atoms with E-state index in [1.54, 1.807) is 18.9 Å². The fourth-order valence-electron chi connectivity index (χ4n) is 4.06. The van der Waals surface area contributed by atoms with E-state index in [9.17, 15) is 9.59 Å². The maximum atomic E-state index is 12.7. The highest BCUT2D eigenvalue weighted by atomic mass is 16.5. The molecule has 5 heteroatoms. The zero-order chi connectivity index (χ0) is 21.8. The molecule has 2 aromatic carbocycles. The number of nitrogens with zero attached hydrogens (tertiary/aromatic N) is 2. The Labute approximate surface area is 179 Å². The monoisotopic (exact) mass is 408 g/mol. The molecule has 1 heterocycles. The first-order valence-corrected chi connectivity index (χ1v) is 10.8. The quantitative estimate of drug-likeness (QED) is 0.722. The van der Waals surface area contributed by atoms with Gasteiger partial charge < -0.3 is 14.5 Å². The minimum atomic E-state index is -0.567. The summed E-state index contributed by atoms with van der Waals surface area (Å²) in [6.45, 7) is 9.03. The fourth-order valence-corrected chi connectivity index (χ4v) is 4.06. The van der Waals surface area contributed by atoms with Crippen molar-refractivity contribution in [2.75, 3.05) is 20.1 Å². The molecule has 2 unspecified atom stereocenters. The van der Waals surface area contributed by atoms with E-state index in [-0.39, 0.29) is 17.9 Å². The average Bonchev–Trinajstić information content (AvgIpc) is 2.76. The SMILES string of the molecule is CCC(=O)N1CCc2ccc(OC(C)C(=O)N(C)CC)cc2C1c1cccc(C)c1. The van der Waals surface area contributed by atoms with Crippen molar-refractivity contribution >= 4 is 11.8 Å². The average molecular weight is 409 g/mol. The lowest BCUT2D eigenvalue weighted by atomic mass is 9.87. The minimum absolute atomic E-state index is 0.0479. The van der Waals surface area contributed by atoms with Crippen molar-refractivity contribution in [1.82, 2.24) is 9.80 Å². The lowest BCUT2D eigenvalue weighted by Crippen LogP contribution is -2.40. The topological polar surface area (TPSA) is 49.9 Å². The van der Waals surface area contributed by atoms with Crippen LogP contribution in [-0.4, -0.2) is 47.9 Å². The Balaban J connectivity index is 1.99. The Morgan fingerprint density at radius 3 is 2.63 bits per heavy atom. The van der Waals surface area contributed by atoms with E-state index >= 15 is 0 Å². The first kappa shape index (κ1) is 21.9. The summed E-state index contributed by atoms with van der Waals surface area (Å²) in [6.07, 6.45) is 0.724. The van der Waals surface area contributed by atoms with Gasteiger partial charge in [0, 0.05) is 26.6 Å². The lowest BCUT2D eigenvalue weighted by Gasteiger charge is -2.38. The van der Waals surface area contributed by atoms with E-state index in [4.69, 9.17) is 4.74 Å². The van der Waals surface area contributed by atoms with E-state index in [2.05, 4.69) is 31.2 Å². The van der Waals surface area contributed by atoms with Gasteiger partial charge in [0.2, 0.25) is 5.91 Å². The number of likely N-dealkylation sites (N-methyl/N-ethyl adjacent to an activating group) is 1. The van der Waals surface area contributed by atoms with Crippen molar-refractivity contribution in [3.05, 3.63) is 64.7 Å². The number of hydrogen-bond acceptors (Lipinski definition) is 3. The Hall–Kier alpha value is -2.82. The molecule has 0 aromatic heterocycles. The molecule has 30 heavy (non-hydrogen) atoms. The van der Waals surface area contributed by atoms with Crippen LogP contribution in [0.25, 0.3) is 0 Å². The number of benzene rings is 2. The van der Waals surface area contributed by atoms with Crippen molar-refractivity contribution < 1.29 is 14.3 Å². The number of carbonyl (C=O) groups is 2. The van der Waals surface area contributed by atoms with Gasteiger partial charge in [-0.15, -0.1) is 0 Å². The predicted molar refractivity (Wildman–Crippen MR) is 119 cm³/mol. The van der Waals surface area contributed by atoms with E-state index < -0.39 is 6.10 Å². The van der Waals surface area contributed by atoms with Crippen LogP contribution in [0.1, 0.15) is 55.5 Å². The van der Waals surface area contributed by atoms with Gasteiger partial charge in [0.15, 0.2) is 6.10 Å².